The minimum atomic E-state index is -0.240. The average molecular weight is 1170 g/mol. The van der Waals surface area contributed by atoms with Crippen molar-refractivity contribution in [3.05, 3.63) is 323 Å². The van der Waals surface area contributed by atoms with E-state index in [9.17, 15) is 0 Å². The van der Waals surface area contributed by atoms with Crippen LogP contribution in [0.3, 0.4) is 0 Å². The van der Waals surface area contributed by atoms with Crippen molar-refractivity contribution in [2.24, 2.45) is 0 Å². The largest absolute Gasteiger partial charge is 0.294 e. The number of hydrogen-bond acceptors (Lipinski definition) is 4. The van der Waals surface area contributed by atoms with Crippen LogP contribution >= 0.6 is 0 Å². The molecule has 4 nitrogen and oxygen atoms in total. The number of hydrogen-bond donors (Lipinski definition) is 0. The minimum absolute atomic E-state index is 0.178. The molecule has 3 aliphatic carbocycles. The summed E-state index contributed by atoms with van der Waals surface area (Å²) in [4.78, 5) is 14.9. The topological polar surface area (TPSA) is 32.3 Å². The Morgan fingerprint density at radius 3 is 0.879 bits per heavy atom. The zero-order chi connectivity index (χ0) is 61.3. The number of anilines is 6. The van der Waals surface area contributed by atoms with Gasteiger partial charge in [0.05, 0.1) is 11.4 Å². The smallest absolute Gasteiger partial charge is 0.145 e. The van der Waals surface area contributed by atoms with E-state index in [1.807, 2.05) is 12.4 Å². The first-order valence-electron chi connectivity index (χ1n) is 31.8. The third-order valence-corrected chi connectivity index (χ3v) is 20.3. The van der Waals surface area contributed by atoms with Crippen LogP contribution in [0.5, 0.6) is 0 Å². The third-order valence-electron chi connectivity index (χ3n) is 20.3. The Morgan fingerprint density at radius 2 is 0.538 bits per heavy atom. The van der Waals surface area contributed by atoms with Gasteiger partial charge < -0.3 is 0 Å². The van der Waals surface area contributed by atoms with E-state index in [2.05, 4.69) is 330 Å². The predicted octanol–water partition coefficient (Wildman–Crippen LogP) is 23.3. The van der Waals surface area contributed by atoms with E-state index in [1.54, 1.807) is 0 Å². The maximum absolute atomic E-state index is 5.10. The van der Waals surface area contributed by atoms with Gasteiger partial charge in [-0.1, -0.05) is 272 Å². The lowest BCUT2D eigenvalue weighted by molar-refractivity contribution is 0.660. The maximum Gasteiger partial charge on any atom is 0.145 e. The maximum atomic E-state index is 5.10. The highest BCUT2D eigenvalue weighted by molar-refractivity contribution is 6.06. The van der Waals surface area contributed by atoms with Crippen molar-refractivity contribution in [1.82, 2.24) is 9.97 Å². The molecule has 2 aromatic heterocycles. The molecule has 0 saturated carbocycles. The Bertz CT molecular complexity index is 4910. The van der Waals surface area contributed by atoms with E-state index in [0.717, 1.165) is 55.9 Å². The second kappa shape index (κ2) is 20.6. The molecule has 0 N–H and O–H groups in total. The molecule has 12 aromatic carbocycles. The van der Waals surface area contributed by atoms with Crippen LogP contribution < -0.4 is 9.80 Å². The van der Waals surface area contributed by atoms with Gasteiger partial charge in [-0.15, -0.1) is 0 Å². The Balaban J connectivity index is 0.628. The van der Waals surface area contributed by atoms with Crippen LogP contribution in [0.15, 0.2) is 267 Å². The van der Waals surface area contributed by atoms with E-state index < -0.39 is 0 Å². The Labute approximate surface area is 532 Å². The van der Waals surface area contributed by atoms with Crippen molar-refractivity contribution in [2.75, 3.05) is 9.80 Å². The first-order chi connectivity index (χ1) is 44.4. The Morgan fingerprint density at radius 1 is 0.264 bits per heavy atom. The second-order valence-electron chi connectivity index (χ2n) is 26.6. The van der Waals surface area contributed by atoms with Crippen molar-refractivity contribution in [2.45, 2.75) is 57.8 Å². The third kappa shape index (κ3) is 8.64. The Hall–Kier alpha value is -10.9. The van der Waals surface area contributed by atoms with Crippen LogP contribution in [-0.2, 0) is 16.2 Å². The van der Waals surface area contributed by atoms with Crippen molar-refractivity contribution < 1.29 is 0 Å². The highest BCUT2D eigenvalue weighted by Gasteiger charge is 2.39. The van der Waals surface area contributed by atoms with Gasteiger partial charge in [-0.05, 0) is 159 Å². The first kappa shape index (κ1) is 54.2. The number of nitrogens with zero attached hydrogens (tertiary/aromatic N) is 4. The molecular weight excluding hydrogens is 1100 g/mol. The zero-order valence-corrected chi connectivity index (χ0v) is 52.0. The molecule has 0 saturated heterocycles. The van der Waals surface area contributed by atoms with Gasteiger partial charge in [0.2, 0.25) is 0 Å². The van der Waals surface area contributed by atoms with Crippen LogP contribution in [0.1, 0.15) is 97.2 Å². The quantitative estimate of drug-likeness (QED) is 0.128. The molecule has 17 rings (SSSR count). The first-order valence-corrected chi connectivity index (χ1v) is 31.8. The van der Waals surface area contributed by atoms with E-state index in [1.165, 1.54) is 111 Å². The lowest BCUT2D eigenvalue weighted by Gasteiger charge is -2.29. The molecule has 2 heterocycles. The highest BCUT2D eigenvalue weighted by Crippen LogP contribution is 2.55. The molecule has 14 aromatic rings. The molecule has 0 amide bonds. The summed E-state index contributed by atoms with van der Waals surface area (Å²) in [5.41, 5.74) is 24.3. The van der Waals surface area contributed by atoms with Gasteiger partial charge in [0, 0.05) is 61.6 Å². The number of rotatable bonds is 10. The molecule has 3 aliphatic rings. The van der Waals surface area contributed by atoms with Gasteiger partial charge in [0.15, 0.2) is 0 Å². The standard InChI is InChI=1S/C87H66N4/c1-85(2)75-49-55(29-31-57-35-41-71-73-43-37-63(53-79(73)86(3,4)77(71)51-57)90(81-27-15-21-59-17-7-11-23-65(59)81)83-67-25-13-9-19-61(67)45-47-88-83)33-39-69(75)70-40-34-56(50-76(70)85)30-32-58-36-42-72-74-44-38-64(54-80(74)87(5,6)78(72)52-58)91(82-28-16-22-60-18-8-12-24-66(60)82)84-68-26-14-10-20-62(68)46-48-89-84/h7-54H,1-6H3/b31-29+,32-30+. The SMILES string of the molecule is CC1(C)c2cc(/C=C/c3ccc4c(c3)C(C)(C)c3cc(N(c5cccc6ccccc56)c5nccc6ccccc56)ccc3-4)ccc2-c2ccc(/C=C/c3ccc4c(c3)C(C)(C)c3cc(N(c5cccc6ccccc56)c5nccc6ccccc56)ccc3-4)cc21. The lowest BCUT2D eigenvalue weighted by Crippen LogP contribution is -2.17. The monoisotopic (exact) mass is 1170 g/mol. The highest BCUT2D eigenvalue weighted by atomic mass is 15.2. The molecule has 0 radical (unpaired) electrons. The fourth-order valence-electron chi connectivity index (χ4n) is 15.5. The number of fused-ring (bicyclic) bond motifs is 13. The Kier molecular flexibility index (Phi) is 12.3. The molecule has 0 bridgehead atoms. The molecule has 91 heavy (non-hydrogen) atoms. The van der Waals surface area contributed by atoms with Gasteiger partial charge in [-0.25, -0.2) is 9.97 Å². The van der Waals surface area contributed by atoms with E-state index in [4.69, 9.17) is 9.97 Å². The molecule has 0 aliphatic heterocycles. The van der Waals surface area contributed by atoms with E-state index >= 15 is 0 Å². The van der Waals surface area contributed by atoms with Crippen LogP contribution in [0.4, 0.5) is 34.4 Å². The summed E-state index contributed by atoms with van der Waals surface area (Å²) < 4.78 is 0. The van der Waals surface area contributed by atoms with Gasteiger partial charge >= 0.3 is 0 Å². The van der Waals surface area contributed by atoms with Gasteiger partial charge in [0.1, 0.15) is 11.6 Å². The van der Waals surface area contributed by atoms with Crippen molar-refractivity contribution in [3.8, 4) is 33.4 Å². The minimum Gasteiger partial charge on any atom is -0.294 e. The van der Waals surface area contributed by atoms with Gasteiger partial charge in [-0.3, -0.25) is 9.80 Å². The van der Waals surface area contributed by atoms with Crippen LogP contribution in [0.2, 0.25) is 0 Å². The fourth-order valence-corrected chi connectivity index (χ4v) is 15.5. The molecule has 0 atom stereocenters. The molecule has 0 spiro atoms. The zero-order valence-electron chi connectivity index (χ0n) is 52.0. The normalized spacial score (nSPS) is 14.4. The summed E-state index contributed by atoms with van der Waals surface area (Å²) in [6, 6.07) is 94.0. The predicted molar refractivity (Wildman–Crippen MR) is 385 cm³/mol. The number of pyridine rings is 2. The molecule has 434 valence electrons. The van der Waals surface area contributed by atoms with Crippen molar-refractivity contribution in [1.29, 1.82) is 0 Å². The van der Waals surface area contributed by atoms with E-state index in [-0.39, 0.29) is 16.2 Å². The lowest BCUT2D eigenvalue weighted by atomic mass is 9.81. The van der Waals surface area contributed by atoms with Crippen molar-refractivity contribution >= 4 is 102 Å². The number of benzene rings is 12. The molecule has 0 unspecified atom stereocenters. The van der Waals surface area contributed by atoms with E-state index in [0.29, 0.717) is 0 Å². The van der Waals surface area contributed by atoms with Gasteiger partial charge in [0.25, 0.3) is 0 Å². The molecular formula is C87H66N4. The summed E-state index contributed by atoms with van der Waals surface area (Å²) in [7, 11) is 0. The molecule has 4 heteroatoms. The van der Waals surface area contributed by atoms with Crippen LogP contribution in [0.25, 0.3) is 101 Å². The number of aromatic nitrogens is 2. The summed E-state index contributed by atoms with van der Waals surface area (Å²) in [6.45, 7) is 14.3. The molecule has 0 fully saturated rings. The van der Waals surface area contributed by atoms with Gasteiger partial charge in [-0.2, -0.15) is 0 Å². The summed E-state index contributed by atoms with van der Waals surface area (Å²) in [5, 5.41) is 9.32. The van der Waals surface area contributed by atoms with Crippen LogP contribution in [-0.4, -0.2) is 9.97 Å². The summed E-state index contributed by atoms with van der Waals surface area (Å²) >= 11 is 0. The summed E-state index contributed by atoms with van der Waals surface area (Å²) in [5.74, 6) is 1.84. The second-order valence-corrected chi connectivity index (χ2v) is 26.6. The van der Waals surface area contributed by atoms with Crippen LogP contribution in [0, 0.1) is 0 Å². The van der Waals surface area contributed by atoms with Crippen molar-refractivity contribution in [3.63, 3.8) is 0 Å². The average Bonchev–Trinajstić information content (AvgIpc) is 1.69. The fraction of sp³-hybridized carbons (Fsp3) is 0.103. The summed E-state index contributed by atoms with van der Waals surface area (Å²) in [6.07, 6.45) is 13.0.